The molecule has 1 aliphatic rings. The molecule has 1 saturated carbocycles. The number of carbonyl (C=O) groups excluding carboxylic acids is 4. The average molecular weight is 832 g/mol. The van der Waals surface area contributed by atoms with E-state index in [0.29, 0.717) is 33.2 Å². The largest absolute Gasteiger partial charge is 0.443 e. The van der Waals surface area contributed by atoms with Gasteiger partial charge in [0.2, 0.25) is 11.8 Å². The first-order valence-corrected chi connectivity index (χ1v) is 20.7. The molecule has 15 heteroatoms. The number of anilines is 3. The highest BCUT2D eigenvalue weighted by atomic mass is 32.2. The summed E-state index contributed by atoms with van der Waals surface area (Å²) >= 11 is 0. The van der Waals surface area contributed by atoms with E-state index >= 15 is 4.39 Å². The van der Waals surface area contributed by atoms with Gasteiger partial charge in [0.1, 0.15) is 17.0 Å². The molecule has 0 bridgehead atoms. The van der Waals surface area contributed by atoms with Crippen molar-refractivity contribution < 1.29 is 42.4 Å². The van der Waals surface area contributed by atoms with Crippen LogP contribution in [0.3, 0.4) is 0 Å². The van der Waals surface area contributed by atoms with E-state index in [-0.39, 0.29) is 53.2 Å². The third kappa shape index (κ3) is 12.1. The Labute approximate surface area is 347 Å². The zero-order valence-corrected chi connectivity index (χ0v) is 35.9. The monoisotopic (exact) mass is 831 g/mol. The molecule has 3 N–H and O–H groups in total. The molecule has 2 atom stereocenters. The third-order valence-electron chi connectivity index (χ3n) is 9.35. The van der Waals surface area contributed by atoms with Gasteiger partial charge in [0.05, 0.1) is 36.1 Å². The van der Waals surface area contributed by atoms with Crippen LogP contribution < -0.4 is 15.5 Å². The number of hydrogen-bond acceptors (Lipinski definition) is 10. The molecule has 5 rings (SSSR count). The van der Waals surface area contributed by atoms with Crippen LogP contribution in [0.25, 0.3) is 10.8 Å². The Kier molecular flexibility index (Phi) is 13.8. The molecule has 1 aromatic heterocycles. The number of rotatable bonds is 13. The number of benzene rings is 3. The van der Waals surface area contributed by atoms with Gasteiger partial charge >= 0.3 is 12.2 Å². The molecule has 0 aliphatic heterocycles. The fraction of sp³-hybridized carbons (Fsp3) is 0.432. The van der Waals surface area contributed by atoms with Crippen molar-refractivity contribution >= 4 is 62.8 Å². The number of amides is 4. The van der Waals surface area contributed by atoms with Gasteiger partial charge in [-0.1, -0.05) is 18.2 Å². The fourth-order valence-electron chi connectivity index (χ4n) is 6.34. The van der Waals surface area contributed by atoms with E-state index in [0.717, 1.165) is 35.7 Å². The van der Waals surface area contributed by atoms with Crippen molar-refractivity contribution in [3.8, 4) is 0 Å². The maximum Gasteiger partial charge on any atom is 0.425 e. The summed E-state index contributed by atoms with van der Waals surface area (Å²) in [5.41, 5.74) is 2.59. The second-order valence-corrected chi connectivity index (χ2v) is 18.6. The first kappa shape index (κ1) is 44.7. The molecule has 1 fully saturated rings. The number of fused-ring (bicyclic) bond motifs is 1. The van der Waals surface area contributed by atoms with Crippen LogP contribution in [-0.2, 0) is 42.8 Å². The Balaban J connectivity index is 1.29. The normalized spacial score (nSPS) is 13.9. The van der Waals surface area contributed by atoms with E-state index in [1.807, 2.05) is 32.0 Å². The number of aliphatic hydroxyl groups is 1. The Morgan fingerprint density at radius 1 is 0.915 bits per heavy atom. The number of aryl methyl sites for hydroxylation is 2. The van der Waals surface area contributed by atoms with Crippen molar-refractivity contribution in [2.24, 2.45) is 0 Å². The summed E-state index contributed by atoms with van der Waals surface area (Å²) < 4.78 is 39.6. The molecule has 1 aliphatic carbocycles. The molecule has 3 aromatic carbocycles. The summed E-state index contributed by atoms with van der Waals surface area (Å²) in [6.45, 7) is 13.7. The first-order chi connectivity index (χ1) is 27.6. The Hall–Kier alpha value is -5.41. The lowest BCUT2D eigenvalue weighted by atomic mass is 9.96. The van der Waals surface area contributed by atoms with E-state index in [9.17, 15) is 28.5 Å². The van der Waals surface area contributed by atoms with E-state index in [2.05, 4.69) is 15.6 Å². The minimum absolute atomic E-state index is 0.0155. The van der Waals surface area contributed by atoms with Gasteiger partial charge in [-0.3, -0.25) is 13.8 Å². The van der Waals surface area contributed by atoms with Crippen LogP contribution in [0.5, 0.6) is 0 Å². The highest BCUT2D eigenvalue weighted by molar-refractivity contribution is 7.86. The van der Waals surface area contributed by atoms with Crippen LogP contribution in [0.4, 0.5) is 31.2 Å². The number of imide groups is 1. The summed E-state index contributed by atoms with van der Waals surface area (Å²) in [7, 11) is 0.298. The number of halogens is 1. The van der Waals surface area contributed by atoms with Crippen molar-refractivity contribution in [2.75, 3.05) is 29.1 Å². The molecular formula is C44H54FN5O8S. The number of likely N-dealkylation sites (N-methyl/N-ethyl adjacent to an activating group) is 1. The van der Waals surface area contributed by atoms with Crippen LogP contribution in [0.2, 0.25) is 0 Å². The zero-order valence-electron chi connectivity index (χ0n) is 35.1. The maximum absolute atomic E-state index is 15.3. The molecule has 0 radical (unpaired) electrons. The minimum atomic E-state index is -1.30. The molecule has 13 nitrogen and oxygen atoms in total. The number of carbonyl (C=O) groups is 4. The summed E-state index contributed by atoms with van der Waals surface area (Å²) in [6.07, 6.45) is -0.219. The predicted octanol–water partition coefficient (Wildman–Crippen LogP) is 7.94. The topological polar surface area (TPSA) is 167 Å². The van der Waals surface area contributed by atoms with Crippen LogP contribution in [0.15, 0.2) is 65.7 Å². The second-order valence-electron chi connectivity index (χ2n) is 16.9. The van der Waals surface area contributed by atoms with Crippen LogP contribution in [0, 0.1) is 19.7 Å². The number of ether oxygens (including phenoxy) is 2. The van der Waals surface area contributed by atoms with Gasteiger partial charge in [0.15, 0.2) is 5.82 Å². The molecule has 2 unspecified atom stereocenters. The van der Waals surface area contributed by atoms with Gasteiger partial charge in [-0.05, 0) is 133 Å². The molecule has 59 heavy (non-hydrogen) atoms. The highest BCUT2D eigenvalue weighted by Crippen LogP contribution is 2.34. The third-order valence-corrected chi connectivity index (χ3v) is 11.3. The fourth-order valence-corrected chi connectivity index (χ4v) is 7.85. The predicted molar refractivity (Wildman–Crippen MR) is 226 cm³/mol. The quantitative estimate of drug-likeness (QED) is 0.120. The minimum Gasteiger partial charge on any atom is -0.443 e. The van der Waals surface area contributed by atoms with Crippen LogP contribution >= 0.6 is 0 Å². The lowest BCUT2D eigenvalue weighted by molar-refractivity contribution is -0.128. The summed E-state index contributed by atoms with van der Waals surface area (Å²) in [5, 5.41) is 16.8. The molecule has 0 spiro atoms. The van der Waals surface area contributed by atoms with Crippen LogP contribution in [-0.4, -0.2) is 79.3 Å². The van der Waals surface area contributed by atoms with Crippen molar-refractivity contribution in [3.05, 3.63) is 88.9 Å². The number of nitrogens with one attached hydrogen (secondary N) is 2. The standard InChI is InChI=1S/C44H54FN5O8S/c1-26-11-10-12-27(2)34(26)21-31(51)22-38(52)48-30-14-18-37(59(56)32-15-16-32)28(19-30)25-49(9)39(53)24-46-29-13-17-33-35(20-29)36(45)23-47-40(33)50(41(54)57-43(3,4)5)42(55)58-44(6,7)8/h10-14,17-20,23,31-32,46,51H,15-16,21-22,24-25H2,1-9H3,(H,48,52). The first-order valence-electron chi connectivity index (χ1n) is 19.5. The van der Waals surface area contributed by atoms with Gasteiger partial charge in [0.25, 0.3) is 0 Å². The van der Waals surface area contributed by atoms with Gasteiger partial charge in [-0.15, -0.1) is 0 Å². The average Bonchev–Trinajstić information content (AvgIpc) is 3.98. The molecule has 0 saturated heterocycles. The molecule has 4 amide bonds. The summed E-state index contributed by atoms with van der Waals surface area (Å²) in [4.78, 5) is 59.8. The number of aromatic nitrogens is 1. The van der Waals surface area contributed by atoms with E-state index in [4.69, 9.17) is 9.47 Å². The molecular weight excluding hydrogens is 778 g/mol. The van der Waals surface area contributed by atoms with E-state index < -0.39 is 46.1 Å². The second kappa shape index (κ2) is 18.2. The highest BCUT2D eigenvalue weighted by Gasteiger charge is 2.35. The molecule has 4 aromatic rings. The summed E-state index contributed by atoms with van der Waals surface area (Å²) in [6, 6.07) is 15.5. The van der Waals surface area contributed by atoms with Crippen molar-refractivity contribution in [2.45, 2.75) is 115 Å². The number of hydrogen-bond donors (Lipinski definition) is 3. The molecule has 316 valence electrons. The van der Waals surface area contributed by atoms with Gasteiger partial charge in [-0.2, -0.15) is 4.90 Å². The van der Waals surface area contributed by atoms with Crippen molar-refractivity contribution in [3.63, 3.8) is 0 Å². The smallest absolute Gasteiger partial charge is 0.425 e. The number of aliphatic hydroxyl groups excluding tert-OH is 1. The van der Waals surface area contributed by atoms with Gasteiger partial charge in [0, 0.05) is 45.9 Å². The van der Waals surface area contributed by atoms with Gasteiger partial charge < -0.3 is 30.1 Å². The SMILES string of the molecule is Cc1cccc(C)c1CC(O)CC(=O)Nc1ccc(S(=O)C2CC2)c(CN(C)C(=O)CNc2ccc3c(N(C(=O)OC(C)(C)C)C(=O)OC(C)(C)C)ncc(F)c3c2)c1. The van der Waals surface area contributed by atoms with E-state index in [1.165, 1.54) is 17.0 Å². The maximum atomic E-state index is 15.3. The van der Waals surface area contributed by atoms with Gasteiger partial charge in [-0.25, -0.2) is 19.0 Å². The number of nitrogens with zero attached hydrogens (tertiary/aromatic N) is 3. The molecule has 1 heterocycles. The summed E-state index contributed by atoms with van der Waals surface area (Å²) in [5.74, 6) is -1.65. The lowest BCUT2D eigenvalue weighted by Gasteiger charge is -2.28. The number of pyridine rings is 1. The lowest BCUT2D eigenvalue weighted by Crippen LogP contribution is -2.44. The van der Waals surface area contributed by atoms with E-state index in [1.54, 1.807) is 72.9 Å². The van der Waals surface area contributed by atoms with Crippen LogP contribution in [0.1, 0.15) is 83.1 Å². The Bertz CT molecular complexity index is 2220. The van der Waals surface area contributed by atoms with Crippen molar-refractivity contribution in [1.82, 2.24) is 9.88 Å². The van der Waals surface area contributed by atoms with Crippen molar-refractivity contribution in [1.29, 1.82) is 0 Å². The zero-order chi connectivity index (χ0) is 43.4. The Morgan fingerprint density at radius 2 is 1.53 bits per heavy atom. The Morgan fingerprint density at radius 3 is 2.12 bits per heavy atom.